The predicted molar refractivity (Wildman–Crippen MR) is 65.5 cm³/mol. The summed E-state index contributed by atoms with van der Waals surface area (Å²) in [5, 5.41) is 4.38. The predicted octanol–water partition coefficient (Wildman–Crippen LogP) is 3.37. The summed E-state index contributed by atoms with van der Waals surface area (Å²) < 4.78 is 0. The first kappa shape index (κ1) is 11.0. The number of hydrogen-bond acceptors (Lipinski definition) is 1. The van der Waals surface area contributed by atoms with Crippen LogP contribution in [-0.2, 0) is 5.41 Å². The van der Waals surface area contributed by atoms with Crippen LogP contribution in [0, 0.1) is 0 Å². The van der Waals surface area contributed by atoms with Gasteiger partial charge in [-0.25, -0.2) is 0 Å². The lowest BCUT2D eigenvalue weighted by Crippen LogP contribution is -2.37. The zero-order valence-corrected chi connectivity index (χ0v) is 10.1. The quantitative estimate of drug-likeness (QED) is 0.811. The summed E-state index contributed by atoms with van der Waals surface area (Å²) in [7, 11) is 0. The van der Waals surface area contributed by atoms with Gasteiger partial charge in [-0.05, 0) is 44.0 Å². The molecular weight excluding hydrogens is 206 g/mol. The molecule has 0 spiro atoms. The van der Waals surface area contributed by atoms with Crippen molar-refractivity contribution in [2.75, 3.05) is 6.54 Å². The molecule has 1 aliphatic rings. The molecule has 1 N–H and O–H groups in total. The van der Waals surface area contributed by atoms with Crippen molar-refractivity contribution in [2.24, 2.45) is 0 Å². The minimum absolute atomic E-state index is 0.283. The van der Waals surface area contributed by atoms with Crippen molar-refractivity contribution in [3.05, 3.63) is 34.9 Å². The minimum Gasteiger partial charge on any atom is -0.313 e. The van der Waals surface area contributed by atoms with E-state index in [1.165, 1.54) is 18.4 Å². The molecule has 1 saturated heterocycles. The van der Waals surface area contributed by atoms with Crippen LogP contribution in [-0.4, -0.2) is 12.6 Å². The van der Waals surface area contributed by atoms with Gasteiger partial charge in [0.25, 0.3) is 0 Å². The molecule has 0 aromatic heterocycles. The number of benzene rings is 1. The van der Waals surface area contributed by atoms with Crippen LogP contribution in [0.15, 0.2) is 24.3 Å². The summed E-state index contributed by atoms with van der Waals surface area (Å²) in [5.74, 6) is 0. The molecule has 15 heavy (non-hydrogen) atoms. The van der Waals surface area contributed by atoms with Crippen LogP contribution in [0.2, 0.25) is 5.02 Å². The van der Waals surface area contributed by atoms with Crippen molar-refractivity contribution in [3.8, 4) is 0 Å². The van der Waals surface area contributed by atoms with Crippen molar-refractivity contribution < 1.29 is 0 Å². The first-order valence-electron chi connectivity index (χ1n) is 5.68. The van der Waals surface area contributed by atoms with Crippen LogP contribution in [0.1, 0.15) is 32.3 Å². The molecule has 1 aliphatic heterocycles. The van der Waals surface area contributed by atoms with Gasteiger partial charge >= 0.3 is 0 Å². The van der Waals surface area contributed by atoms with Crippen molar-refractivity contribution in [1.29, 1.82) is 0 Å². The maximum absolute atomic E-state index is 6.07. The summed E-state index contributed by atoms with van der Waals surface area (Å²) in [4.78, 5) is 0. The Hall–Kier alpha value is -0.530. The molecule has 2 rings (SSSR count). The third-order valence-corrected chi connectivity index (χ3v) is 4.12. The Balaban J connectivity index is 2.42. The van der Waals surface area contributed by atoms with Gasteiger partial charge < -0.3 is 5.32 Å². The van der Waals surface area contributed by atoms with Crippen LogP contribution in [0.25, 0.3) is 0 Å². The number of rotatable bonds is 2. The highest BCUT2D eigenvalue weighted by molar-refractivity contribution is 6.30. The van der Waals surface area contributed by atoms with Crippen LogP contribution in [0.4, 0.5) is 0 Å². The number of nitrogens with one attached hydrogen (secondary N) is 1. The van der Waals surface area contributed by atoms with Gasteiger partial charge in [0, 0.05) is 16.5 Å². The highest BCUT2D eigenvalue weighted by Gasteiger charge is 2.39. The molecular formula is C13H18ClN. The summed E-state index contributed by atoms with van der Waals surface area (Å²) in [5.41, 5.74) is 1.67. The zero-order valence-electron chi connectivity index (χ0n) is 9.39. The average molecular weight is 224 g/mol. The van der Waals surface area contributed by atoms with E-state index in [1.807, 2.05) is 6.07 Å². The van der Waals surface area contributed by atoms with E-state index >= 15 is 0 Å². The number of hydrogen-bond donors (Lipinski definition) is 1. The fourth-order valence-corrected chi connectivity index (χ4v) is 2.99. The maximum Gasteiger partial charge on any atom is 0.0408 e. The van der Waals surface area contributed by atoms with E-state index in [1.54, 1.807) is 0 Å². The Bertz CT molecular complexity index is 350. The molecule has 1 aromatic carbocycles. The fourth-order valence-electron chi connectivity index (χ4n) is 2.80. The van der Waals surface area contributed by atoms with Gasteiger partial charge in [0.1, 0.15) is 0 Å². The van der Waals surface area contributed by atoms with Crippen molar-refractivity contribution in [1.82, 2.24) is 5.32 Å². The minimum atomic E-state index is 0.283. The van der Waals surface area contributed by atoms with Gasteiger partial charge in [0.2, 0.25) is 0 Å². The van der Waals surface area contributed by atoms with Crippen LogP contribution in [0.5, 0.6) is 0 Å². The van der Waals surface area contributed by atoms with Crippen molar-refractivity contribution in [3.63, 3.8) is 0 Å². The second kappa shape index (κ2) is 4.15. The van der Waals surface area contributed by atoms with Gasteiger partial charge in [0.15, 0.2) is 0 Å². The standard InChI is InChI=1S/C13H18ClN/c1-3-13(7-8-15-10(13)2)11-5-4-6-12(14)9-11/h4-6,9-10,15H,3,7-8H2,1-2H3. The first-order chi connectivity index (χ1) is 7.19. The maximum atomic E-state index is 6.07. The lowest BCUT2D eigenvalue weighted by Gasteiger charge is -2.33. The Labute approximate surface area is 96.8 Å². The van der Waals surface area contributed by atoms with E-state index in [4.69, 9.17) is 11.6 Å². The molecule has 0 aliphatic carbocycles. The Kier molecular flexibility index (Phi) is 3.03. The Morgan fingerprint density at radius 2 is 2.33 bits per heavy atom. The van der Waals surface area contributed by atoms with E-state index in [2.05, 4.69) is 37.4 Å². The summed E-state index contributed by atoms with van der Waals surface area (Å²) in [6.45, 7) is 5.66. The van der Waals surface area contributed by atoms with E-state index in [9.17, 15) is 0 Å². The lowest BCUT2D eigenvalue weighted by atomic mass is 9.73. The van der Waals surface area contributed by atoms with Crippen LogP contribution < -0.4 is 5.32 Å². The molecule has 0 amide bonds. The molecule has 2 atom stereocenters. The first-order valence-corrected chi connectivity index (χ1v) is 6.06. The monoisotopic (exact) mass is 223 g/mol. The largest absolute Gasteiger partial charge is 0.313 e. The van der Waals surface area contributed by atoms with E-state index < -0.39 is 0 Å². The van der Waals surface area contributed by atoms with Gasteiger partial charge in [-0.15, -0.1) is 0 Å². The third kappa shape index (κ3) is 1.79. The summed E-state index contributed by atoms with van der Waals surface area (Å²) in [6.07, 6.45) is 2.38. The fraction of sp³-hybridized carbons (Fsp3) is 0.538. The number of halogens is 1. The highest BCUT2D eigenvalue weighted by Crippen LogP contribution is 2.39. The molecule has 1 fully saturated rings. The molecule has 2 heteroatoms. The van der Waals surface area contributed by atoms with Crippen molar-refractivity contribution in [2.45, 2.75) is 38.1 Å². The van der Waals surface area contributed by atoms with Gasteiger partial charge in [0.05, 0.1) is 0 Å². The van der Waals surface area contributed by atoms with E-state index in [0.29, 0.717) is 6.04 Å². The molecule has 82 valence electrons. The summed E-state index contributed by atoms with van der Waals surface area (Å²) >= 11 is 6.07. The van der Waals surface area contributed by atoms with Gasteiger partial charge in [-0.2, -0.15) is 0 Å². The normalized spacial score (nSPS) is 30.7. The van der Waals surface area contributed by atoms with Crippen molar-refractivity contribution >= 4 is 11.6 Å². The van der Waals surface area contributed by atoms with Gasteiger partial charge in [-0.3, -0.25) is 0 Å². The SMILES string of the molecule is CCC1(c2cccc(Cl)c2)CCNC1C. The molecule has 0 saturated carbocycles. The molecule has 2 unspecified atom stereocenters. The van der Waals surface area contributed by atoms with E-state index in [0.717, 1.165) is 11.6 Å². The molecule has 1 heterocycles. The third-order valence-electron chi connectivity index (χ3n) is 3.88. The molecule has 1 aromatic rings. The lowest BCUT2D eigenvalue weighted by molar-refractivity contribution is 0.374. The second-order valence-electron chi connectivity index (χ2n) is 4.45. The second-order valence-corrected chi connectivity index (χ2v) is 4.88. The molecule has 0 radical (unpaired) electrons. The highest BCUT2D eigenvalue weighted by atomic mass is 35.5. The molecule has 0 bridgehead atoms. The van der Waals surface area contributed by atoms with Crippen LogP contribution in [0.3, 0.4) is 0 Å². The molecule has 1 nitrogen and oxygen atoms in total. The Morgan fingerprint density at radius 3 is 2.87 bits per heavy atom. The Morgan fingerprint density at radius 1 is 1.53 bits per heavy atom. The zero-order chi connectivity index (χ0) is 10.9. The topological polar surface area (TPSA) is 12.0 Å². The smallest absolute Gasteiger partial charge is 0.0408 e. The summed E-state index contributed by atoms with van der Waals surface area (Å²) in [6, 6.07) is 8.87. The van der Waals surface area contributed by atoms with Gasteiger partial charge in [-0.1, -0.05) is 30.7 Å². The van der Waals surface area contributed by atoms with Crippen LogP contribution >= 0.6 is 11.6 Å². The van der Waals surface area contributed by atoms with E-state index in [-0.39, 0.29) is 5.41 Å². The average Bonchev–Trinajstić information content (AvgIpc) is 2.61.